The summed E-state index contributed by atoms with van der Waals surface area (Å²) in [6, 6.07) is 8.81. The van der Waals surface area contributed by atoms with Gasteiger partial charge in [-0.2, -0.15) is 0 Å². The van der Waals surface area contributed by atoms with Crippen molar-refractivity contribution in [2.24, 2.45) is 0 Å². The van der Waals surface area contributed by atoms with E-state index >= 15 is 0 Å². The molecule has 0 aliphatic heterocycles. The van der Waals surface area contributed by atoms with Crippen LogP contribution in [0.5, 0.6) is 0 Å². The zero-order valence-corrected chi connectivity index (χ0v) is 13.7. The topological polar surface area (TPSA) is 57.6 Å². The summed E-state index contributed by atoms with van der Waals surface area (Å²) >= 11 is 5.91. The minimum absolute atomic E-state index is 0.0991. The number of aromatic carboxylic acids is 1. The van der Waals surface area contributed by atoms with Crippen LogP contribution in [0.3, 0.4) is 0 Å². The Morgan fingerprint density at radius 3 is 2.75 bits per heavy atom. The van der Waals surface area contributed by atoms with Crippen molar-refractivity contribution in [1.29, 1.82) is 0 Å². The van der Waals surface area contributed by atoms with Gasteiger partial charge in [-0.15, -0.1) is 0 Å². The Bertz CT molecular complexity index is 837. The maximum Gasteiger partial charge on any atom is 0.335 e. The number of aryl methyl sites for hydroxylation is 1. The first kappa shape index (κ1) is 16.5. The molecule has 1 unspecified atom stereocenters. The molecule has 24 heavy (non-hydrogen) atoms. The zero-order valence-electron chi connectivity index (χ0n) is 12.9. The van der Waals surface area contributed by atoms with Gasteiger partial charge in [0.05, 0.1) is 22.2 Å². The normalized spacial score (nSPS) is 15.9. The van der Waals surface area contributed by atoms with Crippen LogP contribution in [0.1, 0.15) is 44.3 Å². The van der Waals surface area contributed by atoms with Crippen molar-refractivity contribution in [2.75, 3.05) is 7.05 Å². The standard InChI is InChI=1S/C18H15ClFNO3/c1-21(17(22)12-3-2-4-14(20)16(12)19)15-8-7-10-5-6-11(18(23)24)9-13(10)15/h2-6,9,15H,7-8H2,1H3,(H,23,24). The molecular weight excluding hydrogens is 333 g/mol. The number of fused-ring (bicyclic) bond motifs is 1. The highest BCUT2D eigenvalue weighted by molar-refractivity contribution is 6.34. The highest BCUT2D eigenvalue weighted by Crippen LogP contribution is 2.37. The van der Waals surface area contributed by atoms with Crippen LogP contribution >= 0.6 is 11.6 Å². The van der Waals surface area contributed by atoms with E-state index in [-0.39, 0.29) is 22.2 Å². The van der Waals surface area contributed by atoms with Crippen LogP contribution in [0, 0.1) is 5.82 Å². The van der Waals surface area contributed by atoms with Crippen molar-refractivity contribution in [2.45, 2.75) is 18.9 Å². The van der Waals surface area contributed by atoms with E-state index in [1.165, 1.54) is 23.1 Å². The summed E-state index contributed by atoms with van der Waals surface area (Å²) in [4.78, 5) is 25.4. The first-order valence-corrected chi connectivity index (χ1v) is 7.85. The summed E-state index contributed by atoms with van der Waals surface area (Å²) in [6.45, 7) is 0. The van der Waals surface area contributed by atoms with Crippen molar-refractivity contribution in [1.82, 2.24) is 4.90 Å². The predicted octanol–water partition coefficient (Wildman–Crippen LogP) is 3.94. The fourth-order valence-electron chi connectivity index (χ4n) is 3.12. The Balaban J connectivity index is 1.94. The van der Waals surface area contributed by atoms with Gasteiger partial charge in [-0.1, -0.05) is 23.7 Å². The molecule has 1 atom stereocenters. The van der Waals surface area contributed by atoms with Crippen LogP contribution < -0.4 is 0 Å². The second kappa shape index (κ2) is 6.24. The third-order valence-electron chi connectivity index (χ3n) is 4.41. The molecular formula is C18H15ClFNO3. The predicted molar refractivity (Wildman–Crippen MR) is 88.0 cm³/mol. The largest absolute Gasteiger partial charge is 0.478 e. The second-order valence-corrected chi connectivity index (χ2v) is 6.17. The van der Waals surface area contributed by atoms with Gasteiger partial charge in [0.15, 0.2) is 0 Å². The van der Waals surface area contributed by atoms with Gasteiger partial charge in [-0.25, -0.2) is 9.18 Å². The van der Waals surface area contributed by atoms with Gasteiger partial charge in [0, 0.05) is 7.05 Å². The monoisotopic (exact) mass is 347 g/mol. The number of halogens is 2. The zero-order chi connectivity index (χ0) is 17.4. The highest BCUT2D eigenvalue weighted by atomic mass is 35.5. The summed E-state index contributed by atoms with van der Waals surface area (Å²) in [6.07, 6.45) is 1.45. The Hall–Kier alpha value is -2.40. The molecule has 0 bridgehead atoms. The number of benzene rings is 2. The van der Waals surface area contributed by atoms with E-state index in [0.717, 1.165) is 17.5 Å². The molecule has 1 aliphatic carbocycles. The number of rotatable bonds is 3. The second-order valence-electron chi connectivity index (χ2n) is 5.79. The number of amides is 1. The van der Waals surface area contributed by atoms with E-state index in [1.54, 1.807) is 25.2 Å². The summed E-state index contributed by atoms with van der Waals surface area (Å²) in [7, 11) is 1.62. The summed E-state index contributed by atoms with van der Waals surface area (Å²) in [5.74, 6) is -2.04. The molecule has 0 aromatic heterocycles. The molecule has 0 saturated heterocycles. The van der Waals surface area contributed by atoms with Crippen LogP contribution in [-0.2, 0) is 6.42 Å². The Morgan fingerprint density at radius 2 is 2.04 bits per heavy atom. The van der Waals surface area contributed by atoms with E-state index in [2.05, 4.69) is 0 Å². The molecule has 2 aromatic rings. The Labute approximate surface area is 143 Å². The number of carboxylic acid groups (broad SMARTS) is 1. The number of hydrogen-bond acceptors (Lipinski definition) is 2. The summed E-state index contributed by atoms with van der Waals surface area (Å²) < 4.78 is 13.6. The molecule has 0 saturated carbocycles. The van der Waals surface area contributed by atoms with Crippen molar-refractivity contribution in [3.8, 4) is 0 Å². The molecule has 0 radical (unpaired) electrons. The van der Waals surface area contributed by atoms with Crippen molar-refractivity contribution in [3.63, 3.8) is 0 Å². The highest BCUT2D eigenvalue weighted by Gasteiger charge is 2.31. The Morgan fingerprint density at radius 1 is 1.29 bits per heavy atom. The molecule has 1 N–H and O–H groups in total. The lowest BCUT2D eigenvalue weighted by molar-refractivity contribution is 0.0696. The van der Waals surface area contributed by atoms with Crippen LogP contribution in [-0.4, -0.2) is 28.9 Å². The van der Waals surface area contributed by atoms with Crippen LogP contribution in [0.2, 0.25) is 5.02 Å². The maximum atomic E-state index is 13.6. The molecule has 124 valence electrons. The lowest BCUT2D eigenvalue weighted by Gasteiger charge is -2.26. The van der Waals surface area contributed by atoms with E-state index < -0.39 is 17.7 Å². The molecule has 0 fully saturated rings. The molecule has 6 heteroatoms. The van der Waals surface area contributed by atoms with Crippen LogP contribution in [0.25, 0.3) is 0 Å². The maximum absolute atomic E-state index is 13.6. The van der Waals surface area contributed by atoms with Crippen LogP contribution in [0.15, 0.2) is 36.4 Å². The molecule has 0 heterocycles. The quantitative estimate of drug-likeness (QED) is 0.915. The van der Waals surface area contributed by atoms with Gasteiger partial charge in [0.1, 0.15) is 5.82 Å². The van der Waals surface area contributed by atoms with Crippen LogP contribution in [0.4, 0.5) is 4.39 Å². The van der Waals surface area contributed by atoms with Gasteiger partial charge in [0.25, 0.3) is 5.91 Å². The minimum atomic E-state index is -1.01. The fourth-order valence-corrected chi connectivity index (χ4v) is 3.32. The number of nitrogens with zero attached hydrogens (tertiary/aromatic N) is 1. The number of carbonyl (C=O) groups excluding carboxylic acids is 1. The molecule has 0 spiro atoms. The van der Waals surface area contributed by atoms with E-state index in [1.807, 2.05) is 0 Å². The minimum Gasteiger partial charge on any atom is -0.478 e. The van der Waals surface area contributed by atoms with Crippen molar-refractivity contribution >= 4 is 23.5 Å². The average Bonchev–Trinajstić information content (AvgIpc) is 2.99. The lowest BCUT2D eigenvalue weighted by Crippen LogP contribution is -2.30. The first-order valence-electron chi connectivity index (χ1n) is 7.47. The number of carboxylic acids is 1. The average molecular weight is 348 g/mol. The third-order valence-corrected chi connectivity index (χ3v) is 4.79. The van der Waals surface area contributed by atoms with E-state index in [4.69, 9.17) is 16.7 Å². The van der Waals surface area contributed by atoms with Gasteiger partial charge in [-0.05, 0) is 48.2 Å². The van der Waals surface area contributed by atoms with E-state index in [9.17, 15) is 14.0 Å². The van der Waals surface area contributed by atoms with Gasteiger partial charge < -0.3 is 10.0 Å². The summed E-state index contributed by atoms with van der Waals surface area (Å²) in [5.41, 5.74) is 2.13. The molecule has 1 aliphatic rings. The summed E-state index contributed by atoms with van der Waals surface area (Å²) in [5, 5.41) is 8.95. The molecule has 4 nitrogen and oxygen atoms in total. The van der Waals surface area contributed by atoms with Gasteiger partial charge >= 0.3 is 5.97 Å². The lowest BCUT2D eigenvalue weighted by atomic mass is 10.0. The number of carbonyl (C=O) groups is 2. The third kappa shape index (κ3) is 2.76. The molecule has 1 amide bonds. The first-order chi connectivity index (χ1) is 11.4. The van der Waals surface area contributed by atoms with Gasteiger partial charge in [-0.3, -0.25) is 4.79 Å². The van der Waals surface area contributed by atoms with Gasteiger partial charge in [0.2, 0.25) is 0 Å². The van der Waals surface area contributed by atoms with Crippen molar-refractivity contribution < 1.29 is 19.1 Å². The SMILES string of the molecule is CN(C(=O)c1cccc(F)c1Cl)C1CCc2ccc(C(=O)O)cc21. The fraction of sp³-hybridized carbons (Fsp3) is 0.222. The number of hydrogen-bond donors (Lipinski definition) is 1. The van der Waals surface area contributed by atoms with Crippen molar-refractivity contribution in [3.05, 3.63) is 69.5 Å². The molecule has 2 aromatic carbocycles. The smallest absolute Gasteiger partial charge is 0.335 e. The van der Waals surface area contributed by atoms with E-state index in [0.29, 0.717) is 6.42 Å². The molecule has 3 rings (SSSR count). The Kier molecular flexibility index (Phi) is 4.28.